The molecule has 0 fully saturated rings. The lowest BCUT2D eigenvalue weighted by atomic mass is 10.0. The number of hydrogen-bond acceptors (Lipinski definition) is 4. The predicted molar refractivity (Wildman–Crippen MR) is 126 cm³/mol. The van der Waals surface area contributed by atoms with Crippen molar-refractivity contribution >= 4 is 17.6 Å². The number of hydrogen-bond donors (Lipinski definition) is 1. The summed E-state index contributed by atoms with van der Waals surface area (Å²) in [6.45, 7) is 3.72. The number of aryl methyl sites for hydroxylation is 3. The number of fused-ring (bicyclic) bond motifs is 2. The van der Waals surface area contributed by atoms with Crippen molar-refractivity contribution in [2.45, 2.75) is 33.1 Å². The largest absolute Gasteiger partial charge is 0.507 e. The van der Waals surface area contributed by atoms with E-state index >= 15 is 0 Å². The smallest absolute Gasteiger partial charge is 0.189 e. The zero-order chi connectivity index (χ0) is 22.8. The van der Waals surface area contributed by atoms with Gasteiger partial charge in [0.1, 0.15) is 11.5 Å². The van der Waals surface area contributed by atoms with Crippen LogP contribution in [0.2, 0.25) is 0 Å². The summed E-state index contributed by atoms with van der Waals surface area (Å²) in [5, 5.41) is 9.84. The molecule has 0 radical (unpaired) electrons. The fourth-order valence-electron chi connectivity index (χ4n) is 4.29. The van der Waals surface area contributed by atoms with Gasteiger partial charge in [0.25, 0.3) is 0 Å². The van der Waals surface area contributed by atoms with Gasteiger partial charge in [0.05, 0.1) is 7.11 Å². The van der Waals surface area contributed by atoms with Crippen molar-refractivity contribution in [1.29, 1.82) is 0 Å². The van der Waals surface area contributed by atoms with Crippen LogP contribution < -0.4 is 4.74 Å². The van der Waals surface area contributed by atoms with Crippen molar-refractivity contribution in [3.05, 3.63) is 99.1 Å². The quantitative estimate of drug-likeness (QED) is 0.538. The third-order valence-corrected chi connectivity index (χ3v) is 6.03. The summed E-state index contributed by atoms with van der Waals surface area (Å²) in [5.74, 6) is 1.37. The molecule has 4 nitrogen and oxygen atoms in total. The summed E-state index contributed by atoms with van der Waals surface area (Å²) < 4.78 is 5.19. The number of allylic oxidation sites excluding steroid dienone is 1. The van der Waals surface area contributed by atoms with E-state index in [1.165, 1.54) is 5.56 Å². The molecule has 1 N–H and O–H groups in total. The standard InChI is InChI=1S/C19H18O3.C9H8O/c1-11-6-13(7-12(2)18(11)20)8-15-9-14-4-5-16(22-3)10-17(14)19(15)21;10-9-6-5-7-3-1-2-4-8(7)9/h4-8,10,20H,9H2,1-3H3;1-4H,5-6H2. The molecule has 3 aromatic rings. The van der Waals surface area contributed by atoms with E-state index in [4.69, 9.17) is 4.74 Å². The van der Waals surface area contributed by atoms with Gasteiger partial charge < -0.3 is 9.84 Å². The van der Waals surface area contributed by atoms with Gasteiger partial charge in [-0.25, -0.2) is 0 Å². The SMILES string of the molecule is COc1ccc2c(c1)C(=O)C(=Cc1cc(C)c(O)c(C)c1)C2.O=C1CCc2ccccc21. The van der Waals surface area contributed by atoms with Crippen LogP contribution in [0.4, 0.5) is 0 Å². The van der Waals surface area contributed by atoms with Crippen molar-refractivity contribution in [2.24, 2.45) is 0 Å². The Kier molecular flexibility index (Phi) is 5.95. The Hall–Kier alpha value is -3.66. The number of carbonyl (C=O) groups excluding carboxylic acids is 2. The molecule has 0 heterocycles. The van der Waals surface area contributed by atoms with Crippen molar-refractivity contribution in [2.75, 3.05) is 7.11 Å². The molecular formula is C28H26O4. The maximum absolute atomic E-state index is 12.5. The second-order valence-electron chi connectivity index (χ2n) is 8.28. The van der Waals surface area contributed by atoms with Gasteiger partial charge in [-0.15, -0.1) is 0 Å². The summed E-state index contributed by atoms with van der Waals surface area (Å²) in [6.07, 6.45) is 4.19. The van der Waals surface area contributed by atoms with E-state index in [-0.39, 0.29) is 5.78 Å². The van der Waals surface area contributed by atoms with Crippen LogP contribution in [0.1, 0.15) is 55.0 Å². The zero-order valence-corrected chi connectivity index (χ0v) is 18.6. The molecule has 0 bridgehead atoms. The molecule has 0 unspecified atom stereocenters. The maximum atomic E-state index is 12.5. The van der Waals surface area contributed by atoms with Gasteiger partial charge in [0.2, 0.25) is 0 Å². The monoisotopic (exact) mass is 426 g/mol. The molecule has 32 heavy (non-hydrogen) atoms. The number of methoxy groups -OCH3 is 1. The summed E-state index contributed by atoms with van der Waals surface area (Å²) >= 11 is 0. The van der Waals surface area contributed by atoms with E-state index in [1.807, 2.05) is 68.5 Å². The van der Waals surface area contributed by atoms with Crippen LogP contribution in [-0.4, -0.2) is 23.8 Å². The second-order valence-corrected chi connectivity index (χ2v) is 8.28. The topological polar surface area (TPSA) is 63.6 Å². The summed E-state index contributed by atoms with van der Waals surface area (Å²) in [5.41, 5.74) is 7.24. The first-order chi connectivity index (χ1) is 15.4. The lowest BCUT2D eigenvalue weighted by Gasteiger charge is -2.05. The molecule has 0 aromatic heterocycles. The number of phenols is 1. The van der Waals surface area contributed by atoms with Crippen molar-refractivity contribution in [3.8, 4) is 11.5 Å². The first-order valence-electron chi connectivity index (χ1n) is 10.7. The molecule has 0 saturated carbocycles. The minimum atomic E-state index is 0.0530. The van der Waals surface area contributed by atoms with Crippen molar-refractivity contribution in [1.82, 2.24) is 0 Å². The molecule has 5 rings (SSSR count). The van der Waals surface area contributed by atoms with Gasteiger partial charge in [-0.3, -0.25) is 9.59 Å². The molecule has 0 amide bonds. The highest BCUT2D eigenvalue weighted by molar-refractivity contribution is 6.15. The number of ether oxygens (including phenoxy) is 1. The third kappa shape index (κ3) is 4.22. The molecule has 4 heteroatoms. The molecule has 0 saturated heterocycles. The third-order valence-electron chi connectivity index (χ3n) is 6.03. The van der Waals surface area contributed by atoms with Gasteiger partial charge in [-0.2, -0.15) is 0 Å². The number of Topliss-reactive ketones (excluding diaryl/α,β-unsaturated/α-hetero) is 2. The lowest BCUT2D eigenvalue weighted by molar-refractivity contribution is 0.0993. The normalized spacial score (nSPS) is 15.3. The van der Waals surface area contributed by atoms with E-state index in [1.54, 1.807) is 13.2 Å². The van der Waals surface area contributed by atoms with Crippen LogP contribution in [0.5, 0.6) is 11.5 Å². The lowest BCUT2D eigenvalue weighted by Crippen LogP contribution is -1.96. The van der Waals surface area contributed by atoms with Crippen LogP contribution in [0, 0.1) is 13.8 Å². The number of rotatable bonds is 2. The van der Waals surface area contributed by atoms with Gasteiger partial charge >= 0.3 is 0 Å². The highest BCUT2D eigenvalue weighted by Gasteiger charge is 2.25. The molecule has 0 spiro atoms. The molecule has 0 atom stereocenters. The van der Waals surface area contributed by atoms with E-state index in [0.29, 0.717) is 30.1 Å². The molecule has 162 valence electrons. The molecule has 0 aliphatic heterocycles. The minimum absolute atomic E-state index is 0.0530. The fourth-order valence-corrected chi connectivity index (χ4v) is 4.29. The molecular weight excluding hydrogens is 400 g/mol. The molecule has 2 aliphatic carbocycles. The Bertz CT molecular complexity index is 1230. The highest BCUT2D eigenvalue weighted by atomic mass is 16.5. The first kappa shape index (κ1) is 21.6. The van der Waals surface area contributed by atoms with Crippen molar-refractivity contribution < 1.29 is 19.4 Å². The van der Waals surface area contributed by atoms with E-state index in [9.17, 15) is 14.7 Å². The summed E-state index contributed by atoms with van der Waals surface area (Å²) in [4.78, 5) is 23.6. The van der Waals surface area contributed by atoms with E-state index in [0.717, 1.165) is 45.4 Å². The van der Waals surface area contributed by atoms with Crippen molar-refractivity contribution in [3.63, 3.8) is 0 Å². The fraction of sp³-hybridized carbons (Fsp3) is 0.214. The Morgan fingerprint density at radius 1 is 0.875 bits per heavy atom. The van der Waals surface area contributed by atoms with E-state index in [2.05, 4.69) is 0 Å². The Morgan fingerprint density at radius 3 is 2.28 bits per heavy atom. The van der Waals surface area contributed by atoms with Crippen LogP contribution in [0.25, 0.3) is 6.08 Å². The van der Waals surface area contributed by atoms with Crippen LogP contribution in [0.15, 0.2) is 60.2 Å². The summed E-state index contributed by atoms with van der Waals surface area (Å²) in [6, 6.07) is 17.2. The number of benzene rings is 3. The van der Waals surface area contributed by atoms with Gasteiger partial charge in [0, 0.05) is 29.5 Å². The molecule has 2 aliphatic rings. The van der Waals surface area contributed by atoms with Gasteiger partial charge in [0.15, 0.2) is 11.6 Å². The highest BCUT2D eigenvalue weighted by Crippen LogP contribution is 2.32. The maximum Gasteiger partial charge on any atom is 0.189 e. The van der Waals surface area contributed by atoms with Gasteiger partial charge in [-0.1, -0.05) is 30.3 Å². The Balaban J connectivity index is 0.000000203. The summed E-state index contributed by atoms with van der Waals surface area (Å²) in [7, 11) is 1.60. The van der Waals surface area contributed by atoms with Crippen LogP contribution in [-0.2, 0) is 12.8 Å². The van der Waals surface area contributed by atoms with Gasteiger partial charge in [-0.05, 0) is 78.4 Å². The number of ketones is 2. The minimum Gasteiger partial charge on any atom is -0.507 e. The van der Waals surface area contributed by atoms with Crippen LogP contribution in [0.3, 0.4) is 0 Å². The number of carbonyl (C=O) groups is 2. The number of aromatic hydroxyl groups is 1. The average molecular weight is 427 g/mol. The average Bonchev–Trinajstić information content (AvgIpc) is 3.32. The first-order valence-corrected chi connectivity index (χ1v) is 10.7. The zero-order valence-electron chi connectivity index (χ0n) is 18.6. The Labute approximate surface area is 188 Å². The number of phenolic OH excluding ortho intramolecular Hbond substituents is 1. The predicted octanol–water partition coefficient (Wildman–Crippen LogP) is 5.66. The molecule has 3 aromatic carbocycles. The Morgan fingerprint density at radius 2 is 1.59 bits per heavy atom. The van der Waals surface area contributed by atoms with Crippen LogP contribution >= 0.6 is 0 Å². The second kappa shape index (κ2) is 8.83. The van der Waals surface area contributed by atoms with E-state index < -0.39 is 0 Å².